The topological polar surface area (TPSA) is 101 Å². The second-order valence-corrected chi connectivity index (χ2v) is 7.67. The molecule has 0 atom stereocenters. The number of nitrogens with one attached hydrogen (secondary N) is 1. The van der Waals surface area contributed by atoms with Crippen LogP contribution in [0.5, 0.6) is 5.75 Å². The molecule has 1 aliphatic heterocycles. The molecule has 1 saturated heterocycles. The van der Waals surface area contributed by atoms with E-state index in [4.69, 9.17) is 10.5 Å². The molecule has 0 bridgehead atoms. The Kier molecular flexibility index (Phi) is 5.99. The Balaban J connectivity index is 1.90. The average Bonchev–Trinajstić information content (AvgIpc) is 2.77. The van der Waals surface area contributed by atoms with E-state index in [1.54, 1.807) is 24.1 Å². The number of fused-ring (bicyclic) bond motifs is 1. The lowest BCUT2D eigenvalue weighted by Gasteiger charge is -2.34. The first-order chi connectivity index (χ1) is 15.8. The van der Waals surface area contributed by atoms with Gasteiger partial charge in [-0.3, -0.25) is 14.6 Å². The Morgan fingerprint density at radius 2 is 2.03 bits per heavy atom. The molecule has 10 heteroatoms. The molecule has 172 valence electrons. The van der Waals surface area contributed by atoms with Crippen LogP contribution >= 0.6 is 0 Å². The van der Waals surface area contributed by atoms with Gasteiger partial charge < -0.3 is 25.6 Å². The number of anilines is 3. The first-order valence-electron chi connectivity index (χ1n) is 10.4. The third-order valence-electron chi connectivity index (χ3n) is 5.50. The number of hydrogen-bond donors (Lipinski definition) is 2. The quantitative estimate of drug-likeness (QED) is 0.593. The summed E-state index contributed by atoms with van der Waals surface area (Å²) in [7, 11) is 1.74. The number of carbonyl (C=O) groups is 2. The molecule has 33 heavy (non-hydrogen) atoms. The molecule has 1 aromatic heterocycles. The van der Waals surface area contributed by atoms with E-state index in [0.29, 0.717) is 42.0 Å². The van der Waals surface area contributed by atoms with Crippen LogP contribution in [0.25, 0.3) is 10.9 Å². The molecule has 0 aliphatic carbocycles. The third kappa shape index (κ3) is 4.36. The van der Waals surface area contributed by atoms with E-state index in [1.807, 2.05) is 11.8 Å². The minimum atomic E-state index is -0.828. The number of halogens is 2. The van der Waals surface area contributed by atoms with Crippen LogP contribution in [0, 0.1) is 11.6 Å². The smallest absolute Gasteiger partial charge is 0.252 e. The van der Waals surface area contributed by atoms with E-state index < -0.39 is 17.5 Å². The number of rotatable bonds is 6. The van der Waals surface area contributed by atoms with Gasteiger partial charge in [0.15, 0.2) is 0 Å². The predicted octanol–water partition coefficient (Wildman–Crippen LogP) is 3.03. The van der Waals surface area contributed by atoms with Crippen molar-refractivity contribution in [3.63, 3.8) is 0 Å². The van der Waals surface area contributed by atoms with Crippen molar-refractivity contribution < 1.29 is 23.1 Å². The number of hydrogen-bond acceptors (Lipinski definition) is 6. The van der Waals surface area contributed by atoms with Crippen LogP contribution in [-0.2, 0) is 4.79 Å². The minimum absolute atomic E-state index is 0.0309. The zero-order valence-electron chi connectivity index (χ0n) is 18.2. The summed E-state index contributed by atoms with van der Waals surface area (Å²) in [5, 5.41) is 3.34. The molecule has 3 N–H and O–H groups in total. The second-order valence-electron chi connectivity index (χ2n) is 7.67. The zero-order chi connectivity index (χ0) is 23.7. The number of ether oxygens (including phenoxy) is 1. The van der Waals surface area contributed by atoms with Gasteiger partial charge >= 0.3 is 0 Å². The van der Waals surface area contributed by atoms with E-state index in [2.05, 4.69) is 10.3 Å². The number of benzene rings is 2. The molecule has 0 unspecified atom stereocenters. The third-order valence-corrected chi connectivity index (χ3v) is 5.50. The summed E-state index contributed by atoms with van der Waals surface area (Å²) in [6.07, 6.45) is 1.29. The van der Waals surface area contributed by atoms with Crippen LogP contribution in [0.1, 0.15) is 17.3 Å². The standard InChI is InChI=1S/C23H23F2N5O3/c1-3-33-20-10-18-14(9-19(20)30-7-6-29(2)21(31)12-30)22(15(11-27-18)23(26)32)28-17-5-4-13(24)8-16(17)25/h4-5,8-11H,3,6-7,12H2,1-2H3,(H2,26,32)(H,27,28). The van der Waals surface area contributed by atoms with Crippen molar-refractivity contribution in [1.82, 2.24) is 9.88 Å². The summed E-state index contributed by atoms with van der Waals surface area (Å²) < 4.78 is 33.6. The molecule has 0 saturated carbocycles. The second kappa shape index (κ2) is 8.89. The lowest BCUT2D eigenvalue weighted by Crippen LogP contribution is -2.48. The average molecular weight is 455 g/mol. The van der Waals surface area contributed by atoms with Crippen molar-refractivity contribution in [2.45, 2.75) is 6.92 Å². The highest BCUT2D eigenvalue weighted by molar-refractivity contribution is 6.08. The van der Waals surface area contributed by atoms with Crippen molar-refractivity contribution in [3.8, 4) is 5.75 Å². The highest BCUT2D eigenvalue weighted by atomic mass is 19.1. The first kappa shape index (κ1) is 22.3. The van der Waals surface area contributed by atoms with Gasteiger partial charge in [0.25, 0.3) is 5.91 Å². The highest BCUT2D eigenvalue weighted by Gasteiger charge is 2.25. The molecule has 0 spiro atoms. The molecule has 1 aliphatic rings. The molecule has 8 nitrogen and oxygen atoms in total. The van der Waals surface area contributed by atoms with Gasteiger partial charge in [0.1, 0.15) is 17.4 Å². The van der Waals surface area contributed by atoms with Crippen LogP contribution in [0.4, 0.5) is 25.8 Å². The molecule has 2 heterocycles. The van der Waals surface area contributed by atoms with Gasteiger partial charge in [0.2, 0.25) is 5.91 Å². The van der Waals surface area contributed by atoms with E-state index in [0.717, 1.165) is 12.1 Å². The Hall–Kier alpha value is -3.95. The number of aromatic nitrogens is 1. The Morgan fingerprint density at radius 3 is 2.70 bits per heavy atom. The number of amides is 2. The van der Waals surface area contributed by atoms with E-state index in [9.17, 15) is 18.4 Å². The Labute approximate surface area is 188 Å². The van der Waals surface area contributed by atoms with Crippen molar-refractivity contribution in [1.29, 1.82) is 0 Å². The Bertz CT molecular complexity index is 1250. The minimum Gasteiger partial charge on any atom is -0.492 e. The molecular formula is C23H23F2N5O3. The van der Waals surface area contributed by atoms with Crippen LogP contribution in [0.3, 0.4) is 0 Å². The molecule has 4 rings (SSSR count). The number of piperazine rings is 1. The van der Waals surface area contributed by atoms with Crippen LogP contribution < -0.4 is 20.7 Å². The van der Waals surface area contributed by atoms with Crippen molar-refractivity contribution in [3.05, 3.63) is 53.7 Å². The van der Waals surface area contributed by atoms with Gasteiger partial charge in [0.05, 0.1) is 41.3 Å². The van der Waals surface area contributed by atoms with E-state index in [-0.39, 0.29) is 29.4 Å². The fraction of sp³-hybridized carbons (Fsp3) is 0.261. The lowest BCUT2D eigenvalue weighted by atomic mass is 10.1. The van der Waals surface area contributed by atoms with Gasteiger partial charge in [0, 0.05) is 43.9 Å². The number of carbonyl (C=O) groups excluding carboxylic acids is 2. The maximum Gasteiger partial charge on any atom is 0.252 e. The maximum atomic E-state index is 14.4. The lowest BCUT2D eigenvalue weighted by molar-refractivity contribution is -0.129. The fourth-order valence-corrected chi connectivity index (χ4v) is 3.74. The monoisotopic (exact) mass is 455 g/mol. The number of likely N-dealkylation sites (N-methyl/N-ethyl adjacent to an activating group) is 1. The maximum absolute atomic E-state index is 14.4. The molecule has 1 fully saturated rings. The molecule has 2 aromatic carbocycles. The number of nitrogens with zero attached hydrogens (tertiary/aromatic N) is 3. The molecule has 2 amide bonds. The van der Waals surface area contributed by atoms with Crippen molar-refractivity contribution in [2.24, 2.45) is 5.73 Å². The van der Waals surface area contributed by atoms with Crippen LogP contribution in [0.2, 0.25) is 0 Å². The number of pyridine rings is 1. The molecular weight excluding hydrogens is 432 g/mol. The fourth-order valence-electron chi connectivity index (χ4n) is 3.74. The SMILES string of the molecule is CCOc1cc2ncc(C(N)=O)c(Nc3ccc(F)cc3F)c2cc1N1CCN(C)C(=O)C1. The first-order valence-corrected chi connectivity index (χ1v) is 10.4. The summed E-state index contributed by atoms with van der Waals surface area (Å²) in [6.45, 7) is 3.50. The van der Waals surface area contributed by atoms with Gasteiger partial charge in [-0.15, -0.1) is 0 Å². The van der Waals surface area contributed by atoms with Gasteiger partial charge in [-0.05, 0) is 25.1 Å². The Morgan fingerprint density at radius 1 is 1.24 bits per heavy atom. The molecule has 0 radical (unpaired) electrons. The van der Waals surface area contributed by atoms with Crippen LogP contribution in [0.15, 0.2) is 36.5 Å². The van der Waals surface area contributed by atoms with E-state index >= 15 is 0 Å². The van der Waals surface area contributed by atoms with Gasteiger partial charge in [-0.1, -0.05) is 0 Å². The summed E-state index contributed by atoms with van der Waals surface area (Å²) in [5.74, 6) is -1.83. The van der Waals surface area contributed by atoms with Crippen LogP contribution in [-0.4, -0.2) is 55.0 Å². The summed E-state index contributed by atoms with van der Waals surface area (Å²) >= 11 is 0. The summed E-state index contributed by atoms with van der Waals surface area (Å²) in [5.41, 5.74) is 6.89. The largest absolute Gasteiger partial charge is 0.492 e. The summed E-state index contributed by atoms with van der Waals surface area (Å²) in [6, 6.07) is 6.52. The van der Waals surface area contributed by atoms with Crippen molar-refractivity contribution in [2.75, 3.05) is 43.5 Å². The highest BCUT2D eigenvalue weighted by Crippen LogP contribution is 2.38. The predicted molar refractivity (Wildman–Crippen MR) is 121 cm³/mol. The normalized spacial score (nSPS) is 14.0. The van der Waals surface area contributed by atoms with Crippen molar-refractivity contribution >= 4 is 39.8 Å². The zero-order valence-corrected chi connectivity index (χ0v) is 18.2. The van der Waals surface area contributed by atoms with Gasteiger partial charge in [-0.2, -0.15) is 0 Å². The number of nitrogens with two attached hydrogens (primary N) is 1. The van der Waals surface area contributed by atoms with E-state index in [1.165, 1.54) is 12.3 Å². The summed E-state index contributed by atoms with van der Waals surface area (Å²) in [4.78, 5) is 32.3. The molecule has 3 aromatic rings. The number of primary amides is 1. The van der Waals surface area contributed by atoms with Gasteiger partial charge in [-0.25, -0.2) is 8.78 Å².